The Balaban J connectivity index is 1.43. The molecule has 2 heterocycles. The van der Waals surface area contributed by atoms with E-state index in [2.05, 4.69) is 28.4 Å². The Kier molecular flexibility index (Phi) is 4.26. The average molecular weight is 520 g/mol. The molecule has 0 bridgehead atoms. The predicted octanol–water partition coefficient (Wildman–Crippen LogP) is 8.33. The van der Waals surface area contributed by atoms with Crippen molar-refractivity contribution in [2.24, 2.45) is 0 Å². The van der Waals surface area contributed by atoms with Crippen molar-refractivity contribution in [1.29, 1.82) is 0 Å². The smallest absolute Gasteiger partial charge is 0.452 e. The lowest BCUT2D eigenvalue weighted by Gasteiger charge is -2.10. The van der Waals surface area contributed by atoms with Crippen molar-refractivity contribution in [3.63, 3.8) is 0 Å². The quantitative estimate of drug-likeness (QED) is 0.169. The number of fused-ring (bicyclic) bond motifs is 9. The molecule has 0 aliphatic rings. The molecule has 37 heavy (non-hydrogen) atoms. The van der Waals surface area contributed by atoms with Gasteiger partial charge in [-0.25, -0.2) is 0 Å². The third-order valence-electron chi connectivity index (χ3n) is 6.61. The molecule has 0 aliphatic carbocycles. The summed E-state index contributed by atoms with van der Waals surface area (Å²) in [5.41, 5.74) is -2.01. The van der Waals surface area contributed by atoms with Gasteiger partial charge in [0.15, 0.2) is 11.2 Å². The minimum absolute atomic E-state index is 0.442. The van der Waals surface area contributed by atoms with Crippen molar-refractivity contribution < 1.29 is 34.6 Å². The van der Waals surface area contributed by atoms with Gasteiger partial charge in [-0.3, -0.25) is 0 Å². The second kappa shape index (κ2) is 7.17. The summed E-state index contributed by atoms with van der Waals surface area (Å²) >= 11 is 0. The van der Waals surface area contributed by atoms with Crippen LogP contribution in [0, 0.1) is 6.92 Å². The van der Waals surface area contributed by atoms with Crippen LogP contribution in [0.3, 0.4) is 0 Å². The Morgan fingerprint density at radius 2 is 1.19 bits per heavy atom. The van der Waals surface area contributed by atoms with Gasteiger partial charge in [-0.1, -0.05) is 29.8 Å². The molecule has 0 atom stereocenters. The number of aryl methyl sites for hydroxylation is 1. The molecular formula is C28H15F3O5S. The van der Waals surface area contributed by atoms with E-state index >= 15 is 0 Å². The zero-order valence-corrected chi connectivity index (χ0v) is 19.8. The van der Waals surface area contributed by atoms with Gasteiger partial charge in [-0.15, -0.1) is 0 Å². The first-order valence-electron chi connectivity index (χ1n) is 11.2. The highest BCUT2D eigenvalue weighted by Crippen LogP contribution is 2.41. The van der Waals surface area contributed by atoms with Crippen LogP contribution in [-0.2, 0) is 10.1 Å². The standard InChI is InChI=1S/C28H15F3O5S/c1-14-2-3-15-10-22-20-6-7-21-23-11-16-4-5-19(36-37(32,33)28(29,30)31)9-18(16)13-25(23)35-27(21)26(20)34-24(22)12-17(15)8-14/h2-13H,1H3. The van der Waals surface area contributed by atoms with Crippen molar-refractivity contribution in [2.45, 2.75) is 12.4 Å². The van der Waals surface area contributed by atoms with Crippen molar-refractivity contribution in [3.8, 4) is 5.75 Å². The summed E-state index contributed by atoms with van der Waals surface area (Å²) < 4.78 is 77.7. The minimum atomic E-state index is -5.77. The molecule has 0 unspecified atom stereocenters. The summed E-state index contributed by atoms with van der Waals surface area (Å²) in [5, 5.41) is 6.80. The molecule has 0 fully saturated rings. The highest BCUT2D eigenvalue weighted by atomic mass is 32.2. The fraction of sp³-hybridized carbons (Fsp3) is 0.0714. The van der Waals surface area contributed by atoms with Crippen LogP contribution in [-0.4, -0.2) is 13.9 Å². The number of benzene rings is 5. The van der Waals surface area contributed by atoms with Crippen LogP contribution >= 0.6 is 0 Å². The van der Waals surface area contributed by atoms with Crippen molar-refractivity contribution in [2.75, 3.05) is 0 Å². The monoisotopic (exact) mass is 520 g/mol. The number of halogens is 3. The lowest BCUT2D eigenvalue weighted by atomic mass is 10.0. The number of hydrogen-bond donors (Lipinski definition) is 0. The summed E-state index contributed by atoms with van der Waals surface area (Å²) in [5.74, 6) is -0.442. The molecule has 0 saturated carbocycles. The molecule has 0 saturated heterocycles. The van der Waals surface area contributed by atoms with Crippen LogP contribution in [0.5, 0.6) is 5.75 Å². The van der Waals surface area contributed by atoms with Gasteiger partial charge in [0.05, 0.1) is 0 Å². The molecule has 0 N–H and O–H groups in total. The Morgan fingerprint density at radius 3 is 1.76 bits per heavy atom. The summed E-state index contributed by atoms with van der Waals surface area (Å²) in [7, 11) is -5.77. The average Bonchev–Trinajstić information content (AvgIpc) is 3.37. The lowest BCUT2D eigenvalue weighted by Crippen LogP contribution is -2.28. The Bertz CT molecular complexity index is 2190. The van der Waals surface area contributed by atoms with E-state index in [1.165, 1.54) is 18.2 Å². The van der Waals surface area contributed by atoms with Gasteiger partial charge in [-0.2, -0.15) is 21.6 Å². The maximum Gasteiger partial charge on any atom is 0.534 e. The zero-order valence-electron chi connectivity index (χ0n) is 19.0. The lowest BCUT2D eigenvalue weighted by molar-refractivity contribution is -0.0500. The third-order valence-corrected chi connectivity index (χ3v) is 7.59. The Labute approximate surface area is 206 Å². The first kappa shape index (κ1) is 22.0. The summed E-state index contributed by atoms with van der Waals surface area (Å²) in [6, 6.07) is 21.7. The van der Waals surface area contributed by atoms with Gasteiger partial charge in [0.25, 0.3) is 0 Å². The van der Waals surface area contributed by atoms with Gasteiger partial charge >= 0.3 is 15.6 Å². The van der Waals surface area contributed by atoms with Gasteiger partial charge in [0.2, 0.25) is 0 Å². The second-order valence-electron chi connectivity index (χ2n) is 9.06. The summed E-state index contributed by atoms with van der Waals surface area (Å²) in [6.45, 7) is 2.04. The molecule has 0 aliphatic heterocycles. The summed E-state index contributed by atoms with van der Waals surface area (Å²) in [6.07, 6.45) is 0. The van der Waals surface area contributed by atoms with Crippen molar-refractivity contribution in [1.82, 2.24) is 0 Å². The van der Waals surface area contributed by atoms with Gasteiger partial charge < -0.3 is 13.0 Å². The maximum atomic E-state index is 12.7. The van der Waals surface area contributed by atoms with E-state index in [4.69, 9.17) is 8.83 Å². The molecular weight excluding hydrogens is 505 g/mol. The van der Waals surface area contributed by atoms with Gasteiger partial charge in [0.1, 0.15) is 16.9 Å². The topological polar surface area (TPSA) is 69.7 Å². The van der Waals surface area contributed by atoms with Crippen LogP contribution < -0.4 is 4.18 Å². The van der Waals surface area contributed by atoms with E-state index in [1.807, 2.05) is 31.2 Å². The molecule has 7 rings (SSSR count). The highest BCUT2D eigenvalue weighted by molar-refractivity contribution is 7.88. The molecule has 0 radical (unpaired) electrons. The van der Waals surface area contributed by atoms with E-state index in [0.29, 0.717) is 27.5 Å². The van der Waals surface area contributed by atoms with E-state index in [-0.39, 0.29) is 0 Å². The molecule has 7 aromatic rings. The van der Waals surface area contributed by atoms with Crippen LogP contribution in [0.25, 0.3) is 65.4 Å². The molecule has 5 nitrogen and oxygen atoms in total. The number of furan rings is 2. The van der Waals surface area contributed by atoms with Crippen LogP contribution in [0.2, 0.25) is 0 Å². The van der Waals surface area contributed by atoms with E-state index in [0.717, 1.165) is 43.5 Å². The fourth-order valence-electron chi connectivity index (χ4n) is 4.88. The molecule has 0 amide bonds. The van der Waals surface area contributed by atoms with E-state index in [9.17, 15) is 21.6 Å². The highest BCUT2D eigenvalue weighted by Gasteiger charge is 2.48. The zero-order chi connectivity index (χ0) is 25.7. The van der Waals surface area contributed by atoms with Crippen molar-refractivity contribution in [3.05, 3.63) is 78.4 Å². The van der Waals surface area contributed by atoms with Crippen LogP contribution in [0.15, 0.2) is 81.6 Å². The molecule has 0 spiro atoms. The fourth-order valence-corrected chi connectivity index (χ4v) is 5.33. The van der Waals surface area contributed by atoms with Crippen LogP contribution in [0.4, 0.5) is 13.2 Å². The van der Waals surface area contributed by atoms with E-state index < -0.39 is 21.4 Å². The molecule has 184 valence electrons. The SMILES string of the molecule is Cc1ccc2cc3c(cc2c1)oc1c3ccc2c3cc4ccc(OS(=O)(=O)C(F)(F)F)cc4cc3oc21. The predicted molar refractivity (Wildman–Crippen MR) is 136 cm³/mol. The first-order chi connectivity index (χ1) is 17.6. The molecule has 2 aromatic heterocycles. The van der Waals surface area contributed by atoms with Gasteiger partial charge in [0, 0.05) is 21.5 Å². The normalized spacial score (nSPS) is 13.1. The van der Waals surface area contributed by atoms with Gasteiger partial charge in [-0.05, 0) is 77.0 Å². The Morgan fingerprint density at radius 1 is 0.649 bits per heavy atom. The minimum Gasteiger partial charge on any atom is -0.452 e. The van der Waals surface area contributed by atoms with Crippen LogP contribution in [0.1, 0.15) is 5.56 Å². The number of rotatable bonds is 2. The molecule has 5 aromatic carbocycles. The Hall–Kier alpha value is -4.24. The number of alkyl halides is 3. The second-order valence-corrected chi connectivity index (χ2v) is 10.6. The summed E-state index contributed by atoms with van der Waals surface area (Å²) in [4.78, 5) is 0. The largest absolute Gasteiger partial charge is 0.534 e. The number of hydrogen-bond acceptors (Lipinski definition) is 5. The van der Waals surface area contributed by atoms with E-state index in [1.54, 1.807) is 6.07 Å². The molecule has 9 heteroatoms. The maximum absolute atomic E-state index is 12.7. The van der Waals surface area contributed by atoms with Crippen molar-refractivity contribution >= 4 is 75.5 Å². The first-order valence-corrected chi connectivity index (χ1v) is 12.6. The third kappa shape index (κ3) is 3.27.